The van der Waals surface area contributed by atoms with E-state index in [-0.39, 0.29) is 4.90 Å². The highest BCUT2D eigenvalue weighted by Gasteiger charge is 1.97. The second-order valence-corrected chi connectivity index (χ2v) is 5.92. The lowest BCUT2D eigenvalue weighted by molar-refractivity contribution is -0.375. The van der Waals surface area contributed by atoms with E-state index in [9.17, 15) is 13.0 Å². The molecule has 3 aromatic rings. The van der Waals surface area contributed by atoms with Gasteiger partial charge >= 0.3 is 0 Å². The summed E-state index contributed by atoms with van der Waals surface area (Å²) in [4.78, 5) is 2.86. The van der Waals surface area contributed by atoms with Crippen LogP contribution in [0, 0.1) is 6.92 Å². The standard InChI is InChI=1S/C9H7N.C7H8O3S/c1-2-4-9-7-10-6-5-8(9)3-1;1-6-2-4-7(5-3-6)11(8,9)10/h1-7H;2-5H,1H3,(H,8,9,10). The Morgan fingerprint density at radius 1 is 0.905 bits per heavy atom. The van der Waals surface area contributed by atoms with Crippen LogP contribution in [0.5, 0.6) is 0 Å². The third-order valence-corrected chi connectivity index (χ3v) is 3.75. The zero-order valence-corrected chi connectivity index (χ0v) is 12.3. The van der Waals surface area contributed by atoms with Crippen molar-refractivity contribution in [1.82, 2.24) is 0 Å². The summed E-state index contributed by atoms with van der Waals surface area (Å²) in [6.07, 6.45) is 3.93. The Kier molecular flexibility index (Phi) is 4.67. The molecule has 0 spiro atoms. The maximum atomic E-state index is 10.4. The first-order valence-corrected chi connectivity index (χ1v) is 7.75. The molecule has 0 aliphatic heterocycles. The SMILES string of the molecule is Cc1ccc(S(=O)(=O)[O-])cc1.c1ccc2c[nH+]ccc2c1. The molecule has 0 unspecified atom stereocenters. The molecule has 0 aliphatic carbocycles. The van der Waals surface area contributed by atoms with E-state index < -0.39 is 10.1 Å². The first-order chi connectivity index (χ1) is 9.97. The van der Waals surface area contributed by atoms with Gasteiger partial charge in [-0.2, -0.15) is 0 Å². The van der Waals surface area contributed by atoms with Crippen LogP contribution < -0.4 is 4.98 Å². The summed E-state index contributed by atoms with van der Waals surface area (Å²) < 4.78 is 31.2. The Balaban J connectivity index is 0.000000154. The van der Waals surface area contributed by atoms with Gasteiger partial charge in [0.15, 0.2) is 12.4 Å². The van der Waals surface area contributed by atoms with Crippen molar-refractivity contribution in [2.45, 2.75) is 11.8 Å². The minimum Gasteiger partial charge on any atom is -0.744 e. The smallest absolute Gasteiger partial charge is 0.174 e. The summed E-state index contributed by atoms with van der Waals surface area (Å²) in [5.41, 5.74) is 0.928. The van der Waals surface area contributed by atoms with Crippen molar-refractivity contribution < 1.29 is 18.0 Å². The maximum absolute atomic E-state index is 10.4. The van der Waals surface area contributed by atoms with Gasteiger partial charge in [-0.3, -0.25) is 0 Å². The molecule has 5 heteroatoms. The third-order valence-electron chi connectivity index (χ3n) is 2.90. The molecule has 108 valence electrons. The molecule has 21 heavy (non-hydrogen) atoms. The first kappa shape index (κ1) is 15.2. The van der Waals surface area contributed by atoms with Gasteiger partial charge in [0.1, 0.15) is 10.1 Å². The largest absolute Gasteiger partial charge is 0.744 e. The minimum absolute atomic E-state index is 0.178. The molecule has 0 saturated carbocycles. The Labute approximate surface area is 123 Å². The van der Waals surface area contributed by atoms with Gasteiger partial charge in [0.2, 0.25) is 0 Å². The number of hydrogen-bond donors (Lipinski definition) is 0. The van der Waals surface area contributed by atoms with E-state index in [0.29, 0.717) is 0 Å². The molecule has 0 amide bonds. The lowest BCUT2D eigenvalue weighted by Crippen LogP contribution is -1.97. The monoisotopic (exact) mass is 301 g/mol. The van der Waals surface area contributed by atoms with Crippen molar-refractivity contribution in [3.63, 3.8) is 0 Å². The molecule has 3 rings (SSSR count). The van der Waals surface area contributed by atoms with Crippen LogP contribution in [0.4, 0.5) is 0 Å². The summed E-state index contributed by atoms with van der Waals surface area (Å²) >= 11 is 0. The molecule has 1 aromatic heterocycles. The number of aromatic nitrogens is 1. The predicted molar refractivity (Wildman–Crippen MR) is 79.6 cm³/mol. The number of aromatic amines is 1. The molecule has 0 aliphatic rings. The number of fused-ring (bicyclic) bond motifs is 1. The number of pyridine rings is 1. The second-order valence-electron chi connectivity index (χ2n) is 4.54. The molecule has 0 fully saturated rings. The Morgan fingerprint density at radius 3 is 2.10 bits per heavy atom. The van der Waals surface area contributed by atoms with Crippen molar-refractivity contribution in [3.8, 4) is 0 Å². The van der Waals surface area contributed by atoms with Crippen LogP contribution >= 0.6 is 0 Å². The van der Waals surface area contributed by atoms with Gasteiger partial charge in [0.05, 0.1) is 4.90 Å². The average molecular weight is 301 g/mol. The van der Waals surface area contributed by atoms with Crippen molar-refractivity contribution in [3.05, 3.63) is 72.6 Å². The van der Waals surface area contributed by atoms with E-state index in [1.54, 1.807) is 12.1 Å². The van der Waals surface area contributed by atoms with Gasteiger partial charge in [-0.25, -0.2) is 13.4 Å². The normalized spacial score (nSPS) is 10.8. The van der Waals surface area contributed by atoms with Crippen LogP contribution in [0.3, 0.4) is 0 Å². The number of rotatable bonds is 1. The Morgan fingerprint density at radius 2 is 1.52 bits per heavy atom. The van der Waals surface area contributed by atoms with Crippen LogP contribution in [-0.4, -0.2) is 13.0 Å². The molecule has 0 atom stereocenters. The zero-order valence-electron chi connectivity index (χ0n) is 11.5. The Bertz CT molecular complexity index is 762. The quantitative estimate of drug-likeness (QED) is 0.648. The van der Waals surface area contributed by atoms with Crippen LogP contribution in [0.1, 0.15) is 5.56 Å². The molecular weight excluding hydrogens is 286 g/mol. The van der Waals surface area contributed by atoms with Crippen LogP contribution in [0.15, 0.2) is 71.9 Å². The molecular formula is C16H15NO3S. The fourth-order valence-electron chi connectivity index (χ4n) is 1.77. The summed E-state index contributed by atoms with van der Waals surface area (Å²) in [6.45, 7) is 1.82. The number of H-pyrrole nitrogens is 1. The summed E-state index contributed by atoms with van der Waals surface area (Å²) in [5.74, 6) is 0. The van der Waals surface area contributed by atoms with E-state index in [2.05, 4.69) is 23.2 Å². The van der Waals surface area contributed by atoms with Gasteiger partial charge in [-0.05, 0) is 30.5 Å². The molecule has 4 nitrogen and oxygen atoms in total. The van der Waals surface area contributed by atoms with E-state index in [1.165, 1.54) is 22.9 Å². The fraction of sp³-hybridized carbons (Fsp3) is 0.0625. The number of benzene rings is 2. The number of aryl methyl sites for hydroxylation is 1. The summed E-state index contributed by atoms with van der Waals surface area (Å²) in [7, 11) is -4.27. The van der Waals surface area contributed by atoms with Gasteiger partial charge in [-0.15, -0.1) is 0 Å². The van der Waals surface area contributed by atoms with E-state index >= 15 is 0 Å². The maximum Gasteiger partial charge on any atom is 0.174 e. The minimum atomic E-state index is -4.27. The number of hydrogen-bond acceptors (Lipinski definition) is 3. The predicted octanol–water partition coefficient (Wildman–Crippen LogP) is 2.55. The average Bonchev–Trinajstić information content (AvgIpc) is 2.47. The van der Waals surface area contributed by atoms with Crippen LogP contribution in [-0.2, 0) is 10.1 Å². The molecule has 0 saturated heterocycles. The first-order valence-electron chi connectivity index (χ1n) is 6.34. The molecule has 1 heterocycles. The highest BCUT2D eigenvalue weighted by atomic mass is 32.2. The topological polar surface area (TPSA) is 71.3 Å². The summed E-state index contributed by atoms with van der Waals surface area (Å²) in [5, 5.41) is 2.53. The second kappa shape index (κ2) is 6.47. The highest BCUT2D eigenvalue weighted by Crippen LogP contribution is 2.09. The van der Waals surface area contributed by atoms with Crippen LogP contribution in [0.25, 0.3) is 10.8 Å². The van der Waals surface area contributed by atoms with Gasteiger partial charge in [-0.1, -0.05) is 35.9 Å². The highest BCUT2D eigenvalue weighted by molar-refractivity contribution is 7.85. The van der Waals surface area contributed by atoms with Gasteiger partial charge < -0.3 is 4.55 Å². The molecule has 0 bridgehead atoms. The van der Waals surface area contributed by atoms with E-state index in [1.807, 2.05) is 31.5 Å². The van der Waals surface area contributed by atoms with Crippen molar-refractivity contribution in [1.29, 1.82) is 0 Å². The molecule has 1 N–H and O–H groups in total. The molecule has 2 aromatic carbocycles. The van der Waals surface area contributed by atoms with Crippen molar-refractivity contribution in [2.75, 3.05) is 0 Å². The van der Waals surface area contributed by atoms with Gasteiger partial charge in [0.25, 0.3) is 0 Å². The van der Waals surface area contributed by atoms with E-state index in [0.717, 1.165) is 5.56 Å². The lowest BCUT2D eigenvalue weighted by atomic mass is 10.2. The van der Waals surface area contributed by atoms with E-state index in [4.69, 9.17) is 0 Å². The van der Waals surface area contributed by atoms with Crippen LogP contribution in [0.2, 0.25) is 0 Å². The van der Waals surface area contributed by atoms with Crippen molar-refractivity contribution in [2.24, 2.45) is 0 Å². The van der Waals surface area contributed by atoms with Gasteiger partial charge in [0, 0.05) is 11.5 Å². The summed E-state index contributed by atoms with van der Waals surface area (Å²) in [6, 6.07) is 16.1. The lowest BCUT2D eigenvalue weighted by Gasteiger charge is -2.05. The third kappa shape index (κ3) is 4.37. The van der Waals surface area contributed by atoms with Crippen molar-refractivity contribution >= 4 is 20.9 Å². The zero-order chi connectivity index (χ0) is 15.3. The fourth-order valence-corrected chi connectivity index (χ4v) is 2.24. The molecule has 0 radical (unpaired) electrons. The number of nitrogens with one attached hydrogen (secondary N) is 1. The Hall–Kier alpha value is -2.24.